The lowest BCUT2D eigenvalue weighted by Crippen LogP contribution is -2.45. The van der Waals surface area contributed by atoms with Gasteiger partial charge in [-0.3, -0.25) is 9.78 Å². The molecule has 0 radical (unpaired) electrons. The second kappa shape index (κ2) is 7.69. The van der Waals surface area contributed by atoms with Gasteiger partial charge in [-0.15, -0.1) is 0 Å². The number of pyridine rings is 1. The van der Waals surface area contributed by atoms with E-state index >= 15 is 0 Å². The summed E-state index contributed by atoms with van der Waals surface area (Å²) in [7, 11) is -3.23. The highest BCUT2D eigenvalue weighted by molar-refractivity contribution is 7.89. The van der Waals surface area contributed by atoms with Gasteiger partial charge in [0.25, 0.3) is 0 Å². The minimum Gasteiger partial charge on any atom is -0.350 e. The predicted octanol–water partition coefficient (Wildman–Crippen LogP) is 1.15. The summed E-state index contributed by atoms with van der Waals surface area (Å²) in [6.07, 6.45) is 3.73. The van der Waals surface area contributed by atoms with Crippen molar-refractivity contribution in [1.82, 2.24) is 14.6 Å². The molecular weight excluding hydrogens is 302 g/mol. The number of hydrogen-bond donors (Lipinski definition) is 1. The summed E-state index contributed by atoms with van der Waals surface area (Å²) >= 11 is 0. The number of carbonyl (C=O) groups excluding carboxylic acids is 1. The first-order valence-electron chi connectivity index (χ1n) is 7.68. The number of nitrogens with zero attached hydrogens (tertiary/aromatic N) is 2. The lowest BCUT2D eigenvalue weighted by Gasteiger charge is -2.31. The molecule has 1 fully saturated rings. The number of aromatic nitrogens is 1. The summed E-state index contributed by atoms with van der Waals surface area (Å²) in [6.45, 7) is 3.03. The molecule has 2 heterocycles. The van der Waals surface area contributed by atoms with Gasteiger partial charge >= 0.3 is 0 Å². The van der Waals surface area contributed by atoms with Gasteiger partial charge in [-0.2, -0.15) is 0 Å². The topological polar surface area (TPSA) is 79.4 Å². The van der Waals surface area contributed by atoms with Crippen LogP contribution in [0.3, 0.4) is 0 Å². The van der Waals surface area contributed by atoms with Crippen LogP contribution >= 0.6 is 0 Å². The highest BCUT2D eigenvalue weighted by Gasteiger charge is 2.31. The molecule has 0 aromatic carbocycles. The van der Waals surface area contributed by atoms with Crippen molar-refractivity contribution in [3.63, 3.8) is 0 Å². The van der Waals surface area contributed by atoms with Crippen molar-refractivity contribution in [2.45, 2.75) is 32.7 Å². The second-order valence-corrected chi connectivity index (χ2v) is 7.64. The van der Waals surface area contributed by atoms with Gasteiger partial charge in [0.1, 0.15) is 0 Å². The monoisotopic (exact) mass is 325 g/mol. The molecule has 0 saturated carbocycles. The van der Waals surface area contributed by atoms with Crippen molar-refractivity contribution in [3.05, 3.63) is 30.1 Å². The maximum atomic E-state index is 12.2. The summed E-state index contributed by atoms with van der Waals surface area (Å²) in [5.41, 5.74) is 0.794. The maximum Gasteiger partial charge on any atom is 0.224 e. The molecule has 1 unspecified atom stereocenters. The van der Waals surface area contributed by atoms with Gasteiger partial charge in [-0.25, -0.2) is 12.7 Å². The van der Waals surface area contributed by atoms with Gasteiger partial charge in [0, 0.05) is 19.3 Å². The van der Waals surface area contributed by atoms with Crippen LogP contribution in [0.4, 0.5) is 0 Å². The Morgan fingerprint density at radius 1 is 1.45 bits per heavy atom. The van der Waals surface area contributed by atoms with E-state index in [1.807, 2.05) is 25.1 Å². The average molecular weight is 325 g/mol. The quantitative estimate of drug-likeness (QED) is 0.851. The van der Waals surface area contributed by atoms with E-state index in [-0.39, 0.29) is 24.1 Å². The van der Waals surface area contributed by atoms with E-state index in [1.54, 1.807) is 6.20 Å². The Kier molecular flexibility index (Phi) is 5.90. The van der Waals surface area contributed by atoms with Gasteiger partial charge in [0.2, 0.25) is 15.9 Å². The molecule has 22 heavy (non-hydrogen) atoms. The molecule has 1 aromatic heterocycles. The minimum atomic E-state index is -3.23. The Morgan fingerprint density at radius 2 is 2.27 bits per heavy atom. The van der Waals surface area contributed by atoms with Crippen LogP contribution in [-0.4, -0.2) is 42.5 Å². The zero-order valence-corrected chi connectivity index (χ0v) is 13.7. The van der Waals surface area contributed by atoms with E-state index < -0.39 is 10.0 Å². The highest BCUT2D eigenvalue weighted by atomic mass is 32.2. The van der Waals surface area contributed by atoms with Crippen LogP contribution in [0.2, 0.25) is 0 Å². The van der Waals surface area contributed by atoms with Crippen molar-refractivity contribution in [2.24, 2.45) is 5.92 Å². The van der Waals surface area contributed by atoms with Crippen molar-refractivity contribution in [2.75, 3.05) is 18.8 Å². The normalized spacial score (nSPS) is 19.8. The molecule has 1 N–H and O–H groups in total. The molecule has 0 spiro atoms. The summed E-state index contributed by atoms with van der Waals surface area (Å²) < 4.78 is 25.7. The van der Waals surface area contributed by atoms with Crippen LogP contribution in [0.25, 0.3) is 0 Å². The van der Waals surface area contributed by atoms with Gasteiger partial charge in [0.15, 0.2) is 0 Å². The number of rotatable bonds is 6. The zero-order valence-electron chi connectivity index (χ0n) is 12.9. The number of amides is 1. The van der Waals surface area contributed by atoms with Gasteiger partial charge < -0.3 is 5.32 Å². The molecule has 7 heteroatoms. The summed E-state index contributed by atoms with van der Waals surface area (Å²) in [6, 6.07) is 5.54. The molecule has 6 nitrogen and oxygen atoms in total. The Balaban J connectivity index is 1.90. The zero-order chi connectivity index (χ0) is 16.0. The average Bonchev–Trinajstić information content (AvgIpc) is 2.53. The lowest BCUT2D eigenvalue weighted by molar-refractivity contribution is -0.126. The van der Waals surface area contributed by atoms with E-state index in [4.69, 9.17) is 0 Å². The largest absolute Gasteiger partial charge is 0.350 e. The van der Waals surface area contributed by atoms with E-state index in [0.717, 1.165) is 18.5 Å². The van der Waals surface area contributed by atoms with Crippen molar-refractivity contribution >= 4 is 15.9 Å². The van der Waals surface area contributed by atoms with Crippen LogP contribution in [0.15, 0.2) is 24.4 Å². The van der Waals surface area contributed by atoms with E-state index in [2.05, 4.69) is 10.3 Å². The lowest BCUT2D eigenvalue weighted by atomic mass is 9.99. The van der Waals surface area contributed by atoms with Crippen LogP contribution in [0.5, 0.6) is 0 Å². The van der Waals surface area contributed by atoms with Crippen molar-refractivity contribution in [3.8, 4) is 0 Å². The first-order valence-corrected chi connectivity index (χ1v) is 9.29. The fourth-order valence-corrected chi connectivity index (χ4v) is 4.21. The third kappa shape index (κ3) is 4.51. The number of sulfonamides is 1. The van der Waals surface area contributed by atoms with Crippen LogP contribution < -0.4 is 5.32 Å². The SMILES string of the molecule is CCCS(=O)(=O)N1CCCC(C(=O)NCc2ccccn2)C1. The molecule has 1 amide bonds. The molecule has 1 atom stereocenters. The number of hydrogen-bond acceptors (Lipinski definition) is 4. The molecule has 0 bridgehead atoms. The summed E-state index contributed by atoms with van der Waals surface area (Å²) in [4.78, 5) is 16.4. The van der Waals surface area contributed by atoms with Gasteiger partial charge in [0.05, 0.1) is 23.9 Å². The fraction of sp³-hybridized carbons (Fsp3) is 0.600. The predicted molar refractivity (Wildman–Crippen MR) is 84.5 cm³/mol. The van der Waals surface area contributed by atoms with E-state index in [1.165, 1.54) is 4.31 Å². The Bertz CT molecular complexity index is 589. The highest BCUT2D eigenvalue weighted by Crippen LogP contribution is 2.20. The van der Waals surface area contributed by atoms with Crippen LogP contribution in [0, 0.1) is 5.92 Å². The first kappa shape index (κ1) is 16.9. The summed E-state index contributed by atoms with van der Waals surface area (Å²) in [5.74, 6) is -0.221. The fourth-order valence-electron chi connectivity index (χ4n) is 2.62. The summed E-state index contributed by atoms with van der Waals surface area (Å²) in [5, 5.41) is 2.85. The van der Waals surface area contributed by atoms with Gasteiger partial charge in [-0.05, 0) is 31.4 Å². The van der Waals surface area contributed by atoms with Crippen LogP contribution in [-0.2, 0) is 21.4 Å². The van der Waals surface area contributed by atoms with Crippen molar-refractivity contribution in [1.29, 1.82) is 0 Å². The minimum absolute atomic E-state index is 0.0953. The van der Waals surface area contributed by atoms with E-state index in [9.17, 15) is 13.2 Å². The molecule has 2 rings (SSSR count). The molecule has 1 aliphatic heterocycles. The molecular formula is C15H23N3O3S. The molecule has 122 valence electrons. The van der Waals surface area contributed by atoms with E-state index in [0.29, 0.717) is 19.5 Å². The third-order valence-corrected chi connectivity index (χ3v) is 5.82. The van der Waals surface area contributed by atoms with Gasteiger partial charge in [-0.1, -0.05) is 13.0 Å². The van der Waals surface area contributed by atoms with Crippen LogP contribution in [0.1, 0.15) is 31.9 Å². The Labute approximate surface area is 132 Å². The molecule has 0 aliphatic carbocycles. The Hall–Kier alpha value is -1.47. The molecule has 1 saturated heterocycles. The maximum absolute atomic E-state index is 12.2. The standard InChI is InChI=1S/C15H23N3O3S/c1-2-10-22(20,21)18-9-5-6-13(12-18)15(19)17-11-14-7-3-4-8-16-14/h3-4,7-8,13H,2,5-6,9-12H2,1H3,(H,17,19). The Morgan fingerprint density at radius 3 is 2.95 bits per heavy atom. The second-order valence-electron chi connectivity index (χ2n) is 5.55. The third-order valence-electron chi connectivity index (χ3n) is 3.78. The van der Waals surface area contributed by atoms with Crippen molar-refractivity contribution < 1.29 is 13.2 Å². The number of nitrogens with one attached hydrogen (secondary N) is 1. The number of carbonyl (C=O) groups is 1. The smallest absolute Gasteiger partial charge is 0.224 e. The molecule has 1 aromatic rings. The first-order chi connectivity index (χ1) is 10.5. The molecule has 1 aliphatic rings. The number of piperidine rings is 1.